The number of aromatic nitrogens is 3. The Bertz CT molecular complexity index is 1150. The standard InChI is InChI=1S/C19H20FN5O3S/c1-12-2-3-14(9-16(12)20)29(26,27)25-6-7-28-17(11-25)19-15(10-23-24-19)13-4-5-22-18(21)8-13/h2-5,8-10,17H,6-7,11H2,1H3,(H2,21,22)(H,23,24)/t17-/m0/s1. The topological polar surface area (TPSA) is 114 Å². The fraction of sp³-hybridized carbons (Fsp3) is 0.263. The highest BCUT2D eigenvalue weighted by molar-refractivity contribution is 7.89. The zero-order valence-corrected chi connectivity index (χ0v) is 16.5. The van der Waals surface area contributed by atoms with Gasteiger partial charge < -0.3 is 10.5 Å². The lowest BCUT2D eigenvalue weighted by Gasteiger charge is -2.32. The van der Waals surface area contributed by atoms with E-state index in [1.165, 1.54) is 16.4 Å². The summed E-state index contributed by atoms with van der Waals surface area (Å²) in [6.07, 6.45) is 2.67. The minimum absolute atomic E-state index is 0.0759. The molecule has 0 spiro atoms. The van der Waals surface area contributed by atoms with Gasteiger partial charge in [-0.05, 0) is 42.3 Å². The number of nitrogens with zero attached hydrogens (tertiary/aromatic N) is 3. The SMILES string of the molecule is Cc1ccc(S(=O)(=O)N2CCO[C@H](c3[nH]ncc3-c3ccnc(N)c3)C2)cc1F. The first-order valence-corrected chi connectivity index (χ1v) is 10.4. The van der Waals surface area contributed by atoms with Crippen molar-refractivity contribution in [1.29, 1.82) is 0 Å². The Hall–Kier alpha value is -2.82. The summed E-state index contributed by atoms with van der Waals surface area (Å²) < 4.78 is 47.1. The summed E-state index contributed by atoms with van der Waals surface area (Å²) in [6.45, 7) is 2.05. The van der Waals surface area contributed by atoms with E-state index in [0.29, 0.717) is 17.1 Å². The summed E-state index contributed by atoms with van der Waals surface area (Å²) in [5.74, 6) is -0.188. The highest BCUT2D eigenvalue weighted by Crippen LogP contribution is 2.32. The summed E-state index contributed by atoms with van der Waals surface area (Å²) in [7, 11) is -3.86. The number of pyridine rings is 1. The van der Waals surface area contributed by atoms with E-state index in [9.17, 15) is 12.8 Å². The number of hydrogen-bond acceptors (Lipinski definition) is 6. The van der Waals surface area contributed by atoms with Gasteiger partial charge in [0.05, 0.1) is 23.4 Å². The Morgan fingerprint density at radius 1 is 1.31 bits per heavy atom. The van der Waals surface area contributed by atoms with E-state index in [4.69, 9.17) is 10.5 Å². The lowest BCUT2D eigenvalue weighted by Crippen LogP contribution is -2.42. The normalized spacial score (nSPS) is 18.1. The molecule has 152 valence electrons. The molecule has 1 aliphatic rings. The number of morpholine rings is 1. The Balaban J connectivity index is 1.63. The van der Waals surface area contributed by atoms with Crippen molar-refractivity contribution in [3.8, 4) is 11.1 Å². The van der Waals surface area contributed by atoms with Crippen LogP contribution in [0.4, 0.5) is 10.2 Å². The molecule has 0 aliphatic carbocycles. The van der Waals surface area contributed by atoms with E-state index >= 15 is 0 Å². The molecular weight excluding hydrogens is 397 g/mol. The first kappa shape index (κ1) is 19.5. The van der Waals surface area contributed by atoms with Crippen molar-refractivity contribution < 1.29 is 17.5 Å². The van der Waals surface area contributed by atoms with Gasteiger partial charge in [0, 0.05) is 24.8 Å². The molecule has 3 N–H and O–H groups in total. The molecule has 1 aliphatic heterocycles. The molecule has 0 bridgehead atoms. The van der Waals surface area contributed by atoms with Crippen molar-refractivity contribution >= 4 is 15.8 Å². The number of H-pyrrole nitrogens is 1. The maximum absolute atomic E-state index is 13.9. The molecule has 0 amide bonds. The Labute approximate surface area is 167 Å². The van der Waals surface area contributed by atoms with Crippen LogP contribution in [-0.2, 0) is 14.8 Å². The van der Waals surface area contributed by atoms with Gasteiger partial charge >= 0.3 is 0 Å². The van der Waals surface area contributed by atoms with Gasteiger partial charge in [-0.1, -0.05) is 6.07 Å². The number of nitrogens with two attached hydrogens (primary N) is 1. The molecule has 2 aromatic heterocycles. The summed E-state index contributed by atoms with van der Waals surface area (Å²) in [6, 6.07) is 7.43. The van der Waals surface area contributed by atoms with Crippen LogP contribution in [0.2, 0.25) is 0 Å². The third kappa shape index (κ3) is 3.74. The molecule has 1 aromatic carbocycles. The van der Waals surface area contributed by atoms with Crippen molar-refractivity contribution in [2.24, 2.45) is 0 Å². The number of hydrogen-bond donors (Lipinski definition) is 2. The van der Waals surface area contributed by atoms with E-state index in [0.717, 1.165) is 17.2 Å². The Morgan fingerprint density at radius 3 is 2.90 bits per heavy atom. The molecule has 0 radical (unpaired) electrons. The number of benzene rings is 1. The molecule has 3 heterocycles. The summed E-state index contributed by atoms with van der Waals surface area (Å²) in [5, 5.41) is 6.99. The van der Waals surface area contributed by atoms with Gasteiger partial charge in [0.1, 0.15) is 17.7 Å². The summed E-state index contributed by atoms with van der Waals surface area (Å²) in [4.78, 5) is 3.90. The number of rotatable bonds is 4. The van der Waals surface area contributed by atoms with Gasteiger partial charge in [0.25, 0.3) is 0 Å². The smallest absolute Gasteiger partial charge is 0.243 e. The van der Waals surface area contributed by atoms with Crippen molar-refractivity contribution in [1.82, 2.24) is 19.5 Å². The number of aromatic amines is 1. The fourth-order valence-electron chi connectivity index (χ4n) is 3.29. The van der Waals surface area contributed by atoms with E-state index in [1.807, 2.05) is 0 Å². The third-order valence-electron chi connectivity index (χ3n) is 4.89. The average Bonchev–Trinajstić information content (AvgIpc) is 3.20. The van der Waals surface area contributed by atoms with Crippen molar-refractivity contribution in [2.45, 2.75) is 17.9 Å². The van der Waals surface area contributed by atoms with Gasteiger partial charge in [0.2, 0.25) is 10.0 Å². The quantitative estimate of drug-likeness (QED) is 0.673. The molecule has 0 saturated carbocycles. The first-order valence-electron chi connectivity index (χ1n) is 8.99. The molecule has 1 atom stereocenters. The largest absolute Gasteiger partial charge is 0.384 e. The number of aryl methyl sites for hydroxylation is 1. The minimum atomic E-state index is -3.86. The summed E-state index contributed by atoms with van der Waals surface area (Å²) in [5.41, 5.74) is 8.35. The molecule has 29 heavy (non-hydrogen) atoms. The fourth-order valence-corrected chi connectivity index (χ4v) is 4.73. The van der Waals surface area contributed by atoms with E-state index in [-0.39, 0.29) is 24.6 Å². The van der Waals surface area contributed by atoms with Crippen LogP contribution in [0.15, 0.2) is 47.6 Å². The van der Waals surface area contributed by atoms with Crippen LogP contribution in [0, 0.1) is 12.7 Å². The predicted octanol–water partition coefficient (Wildman–Crippen LogP) is 2.26. The van der Waals surface area contributed by atoms with Gasteiger partial charge in [-0.3, -0.25) is 5.10 Å². The van der Waals surface area contributed by atoms with Crippen LogP contribution in [0.3, 0.4) is 0 Å². The second-order valence-corrected chi connectivity index (χ2v) is 8.74. The number of nitrogens with one attached hydrogen (secondary N) is 1. The van der Waals surface area contributed by atoms with Gasteiger partial charge in [-0.2, -0.15) is 9.40 Å². The Kier molecular flexibility index (Phi) is 5.07. The third-order valence-corrected chi connectivity index (χ3v) is 6.75. The predicted molar refractivity (Wildman–Crippen MR) is 105 cm³/mol. The summed E-state index contributed by atoms with van der Waals surface area (Å²) >= 11 is 0. The molecule has 8 nitrogen and oxygen atoms in total. The van der Waals surface area contributed by atoms with Crippen LogP contribution in [0.1, 0.15) is 17.4 Å². The van der Waals surface area contributed by atoms with Crippen molar-refractivity contribution in [2.75, 3.05) is 25.4 Å². The molecule has 1 fully saturated rings. The monoisotopic (exact) mass is 417 g/mol. The van der Waals surface area contributed by atoms with Crippen LogP contribution < -0.4 is 5.73 Å². The van der Waals surface area contributed by atoms with E-state index in [2.05, 4.69) is 15.2 Å². The Morgan fingerprint density at radius 2 is 2.14 bits per heavy atom. The van der Waals surface area contributed by atoms with Crippen LogP contribution in [-0.4, -0.2) is 47.6 Å². The molecular formula is C19H20FN5O3S. The average molecular weight is 417 g/mol. The molecule has 3 aromatic rings. The molecule has 10 heteroatoms. The number of halogens is 1. The van der Waals surface area contributed by atoms with Gasteiger partial charge in [0.15, 0.2) is 0 Å². The number of nitrogen functional groups attached to an aromatic ring is 1. The van der Waals surface area contributed by atoms with Crippen molar-refractivity contribution in [3.05, 3.63) is 59.8 Å². The lowest BCUT2D eigenvalue weighted by molar-refractivity contribution is -0.00465. The zero-order chi connectivity index (χ0) is 20.6. The zero-order valence-electron chi connectivity index (χ0n) is 15.7. The lowest BCUT2D eigenvalue weighted by atomic mass is 10.0. The molecule has 0 unspecified atom stereocenters. The van der Waals surface area contributed by atoms with Gasteiger partial charge in [-0.15, -0.1) is 0 Å². The first-order chi connectivity index (χ1) is 13.9. The number of sulfonamides is 1. The van der Waals surface area contributed by atoms with E-state index in [1.54, 1.807) is 31.5 Å². The maximum Gasteiger partial charge on any atom is 0.243 e. The highest BCUT2D eigenvalue weighted by atomic mass is 32.2. The van der Waals surface area contributed by atoms with E-state index < -0.39 is 21.9 Å². The number of ether oxygens (including phenoxy) is 1. The number of anilines is 1. The van der Waals surface area contributed by atoms with Gasteiger partial charge in [-0.25, -0.2) is 17.8 Å². The van der Waals surface area contributed by atoms with Crippen LogP contribution in [0.25, 0.3) is 11.1 Å². The van der Waals surface area contributed by atoms with Crippen molar-refractivity contribution in [3.63, 3.8) is 0 Å². The molecule has 4 rings (SSSR count). The maximum atomic E-state index is 13.9. The van der Waals surface area contributed by atoms with Crippen LogP contribution >= 0.6 is 0 Å². The van der Waals surface area contributed by atoms with Crippen LogP contribution in [0.5, 0.6) is 0 Å². The second kappa shape index (κ2) is 7.54. The highest BCUT2D eigenvalue weighted by Gasteiger charge is 2.33. The minimum Gasteiger partial charge on any atom is -0.384 e. The molecule has 1 saturated heterocycles. The second-order valence-electron chi connectivity index (χ2n) is 6.80.